The van der Waals surface area contributed by atoms with Gasteiger partial charge in [0.05, 0.1) is 23.7 Å². The molecule has 0 radical (unpaired) electrons. The van der Waals surface area contributed by atoms with E-state index in [1.165, 1.54) is 6.33 Å². The summed E-state index contributed by atoms with van der Waals surface area (Å²) in [7, 11) is 0. The minimum atomic E-state index is -0.202. The molecule has 1 unspecified atom stereocenters. The molecule has 0 aliphatic carbocycles. The molecule has 1 atom stereocenters. The molecule has 3 heterocycles. The van der Waals surface area contributed by atoms with Gasteiger partial charge in [0.15, 0.2) is 5.65 Å². The van der Waals surface area contributed by atoms with E-state index < -0.39 is 0 Å². The third-order valence-corrected chi connectivity index (χ3v) is 6.69. The number of nitrogens with two attached hydrogens (primary N) is 1. The maximum absolute atomic E-state index is 12.1. The molecule has 0 bridgehead atoms. The van der Waals surface area contributed by atoms with Gasteiger partial charge in [-0.25, -0.2) is 14.6 Å². The monoisotopic (exact) mass is 456 g/mol. The van der Waals surface area contributed by atoms with E-state index >= 15 is 0 Å². The van der Waals surface area contributed by atoms with Crippen molar-refractivity contribution in [1.29, 1.82) is 0 Å². The smallest absolute Gasteiger partial charge is 0.222 e. The summed E-state index contributed by atoms with van der Waals surface area (Å²) in [5.41, 5.74) is 10.5. The first-order valence-electron chi connectivity index (χ1n) is 11.0. The van der Waals surface area contributed by atoms with Crippen molar-refractivity contribution in [2.45, 2.75) is 53.0 Å². The Morgan fingerprint density at radius 2 is 2.03 bits per heavy atom. The summed E-state index contributed by atoms with van der Waals surface area (Å²) in [4.78, 5) is 22.5. The van der Waals surface area contributed by atoms with E-state index in [0.29, 0.717) is 42.6 Å². The van der Waals surface area contributed by atoms with Crippen LogP contribution in [0, 0.1) is 13.8 Å². The van der Waals surface area contributed by atoms with E-state index in [2.05, 4.69) is 9.97 Å². The van der Waals surface area contributed by atoms with E-state index in [-0.39, 0.29) is 17.9 Å². The summed E-state index contributed by atoms with van der Waals surface area (Å²) in [6, 6.07) is 1.75. The molecule has 0 spiro atoms. The second-order valence-corrected chi connectivity index (χ2v) is 8.67. The molecule has 1 fully saturated rings. The number of nitrogens with zero attached hydrogens (tertiary/aromatic N) is 5. The van der Waals surface area contributed by atoms with Gasteiger partial charge in [-0.15, -0.1) is 0 Å². The van der Waals surface area contributed by atoms with Crippen LogP contribution in [0.3, 0.4) is 0 Å². The third kappa shape index (κ3) is 3.56. The topological polar surface area (TPSA) is 99.2 Å². The molecular formula is C23H29ClN6O2. The number of amides is 1. The number of hydrogen-bond acceptors (Lipinski definition) is 6. The average Bonchev–Trinajstić information content (AvgIpc) is 3.08. The third-order valence-electron chi connectivity index (χ3n) is 6.29. The van der Waals surface area contributed by atoms with Crippen LogP contribution in [-0.2, 0) is 4.79 Å². The molecule has 1 aliphatic heterocycles. The molecule has 2 aromatic heterocycles. The van der Waals surface area contributed by atoms with E-state index in [0.717, 1.165) is 33.5 Å². The number of rotatable bonds is 6. The highest BCUT2D eigenvalue weighted by Gasteiger charge is 2.36. The minimum absolute atomic E-state index is 0.170. The number of aryl methyl sites for hydroxylation is 1. The molecule has 2 N–H and O–H groups in total. The normalized spacial score (nSPS) is 15.1. The van der Waals surface area contributed by atoms with Crippen LogP contribution in [0.5, 0.6) is 5.75 Å². The molecule has 1 aliphatic rings. The zero-order valence-corrected chi connectivity index (χ0v) is 19.9. The minimum Gasteiger partial charge on any atom is -0.493 e. The Morgan fingerprint density at radius 3 is 2.69 bits per heavy atom. The Labute approximate surface area is 192 Å². The van der Waals surface area contributed by atoms with E-state index in [4.69, 9.17) is 27.2 Å². The number of benzene rings is 1. The molecule has 8 nitrogen and oxygen atoms in total. The summed E-state index contributed by atoms with van der Waals surface area (Å²) in [5.74, 6) is 1.58. The highest BCUT2D eigenvalue weighted by atomic mass is 35.5. The number of hydrogen-bond donors (Lipinski definition) is 1. The molecule has 9 heteroatoms. The highest BCUT2D eigenvalue weighted by molar-refractivity contribution is 6.31. The van der Waals surface area contributed by atoms with E-state index in [1.54, 1.807) is 0 Å². The number of ether oxygens (including phenoxy) is 1. The van der Waals surface area contributed by atoms with Crippen molar-refractivity contribution in [3.05, 3.63) is 39.8 Å². The molecule has 1 aromatic carbocycles. The maximum Gasteiger partial charge on any atom is 0.222 e. The van der Waals surface area contributed by atoms with Crippen LogP contribution in [0.2, 0.25) is 5.02 Å². The van der Waals surface area contributed by atoms with Gasteiger partial charge in [-0.05, 0) is 39.3 Å². The lowest BCUT2D eigenvalue weighted by Gasteiger charge is -2.41. The first-order valence-corrected chi connectivity index (χ1v) is 11.3. The standard InChI is InChI=1S/C23H29ClN6O2/c1-6-18(31)29-9-15(10-29)19-12(3)17(24)8-16(21(19)32-7-2)14(5)30-23-20(13(4)28-30)22(25)26-11-27-23/h8,11,14-15H,6-7,9-10H2,1-5H3,(H2,25,26,27). The van der Waals surface area contributed by atoms with Gasteiger partial charge in [-0.3, -0.25) is 4.79 Å². The van der Waals surface area contributed by atoms with Crippen LogP contribution < -0.4 is 10.5 Å². The number of carbonyl (C=O) groups excluding carboxylic acids is 1. The number of fused-ring (bicyclic) bond motifs is 1. The number of aromatic nitrogens is 4. The highest BCUT2D eigenvalue weighted by Crippen LogP contribution is 2.44. The van der Waals surface area contributed by atoms with Gasteiger partial charge in [0.25, 0.3) is 0 Å². The Hall–Kier alpha value is -2.87. The molecule has 3 aromatic rings. The predicted octanol–water partition coefficient (Wildman–Crippen LogP) is 4.02. The van der Waals surface area contributed by atoms with Gasteiger partial charge in [-0.2, -0.15) is 5.10 Å². The Balaban J connectivity index is 1.82. The van der Waals surface area contributed by atoms with Crippen molar-refractivity contribution < 1.29 is 9.53 Å². The number of likely N-dealkylation sites (tertiary alicyclic amines) is 1. The van der Waals surface area contributed by atoms with Crippen LogP contribution in [0.25, 0.3) is 11.0 Å². The number of halogens is 1. The molecule has 170 valence electrons. The Morgan fingerprint density at radius 1 is 1.31 bits per heavy atom. The van der Waals surface area contributed by atoms with Crippen LogP contribution in [0.4, 0.5) is 5.82 Å². The van der Waals surface area contributed by atoms with Gasteiger partial charge in [0, 0.05) is 41.6 Å². The first kappa shape index (κ1) is 22.3. The predicted molar refractivity (Wildman–Crippen MR) is 125 cm³/mol. The van der Waals surface area contributed by atoms with Gasteiger partial charge < -0.3 is 15.4 Å². The van der Waals surface area contributed by atoms with Crippen molar-refractivity contribution in [3.63, 3.8) is 0 Å². The van der Waals surface area contributed by atoms with Crippen LogP contribution in [0.15, 0.2) is 12.4 Å². The SMILES string of the molecule is CCOc1c(C(C)n2nc(C)c3c(N)ncnc32)cc(Cl)c(C)c1C1CN(C(=O)CC)C1. The van der Waals surface area contributed by atoms with Gasteiger partial charge >= 0.3 is 0 Å². The second-order valence-electron chi connectivity index (χ2n) is 8.26. The molecule has 0 saturated carbocycles. The van der Waals surface area contributed by atoms with Crippen molar-refractivity contribution in [1.82, 2.24) is 24.6 Å². The van der Waals surface area contributed by atoms with Crippen molar-refractivity contribution in [3.8, 4) is 5.75 Å². The fourth-order valence-electron chi connectivity index (χ4n) is 4.53. The fraction of sp³-hybridized carbons (Fsp3) is 0.478. The Bertz CT molecular complexity index is 1190. The molecular weight excluding hydrogens is 428 g/mol. The van der Waals surface area contributed by atoms with Gasteiger partial charge in [-0.1, -0.05) is 18.5 Å². The average molecular weight is 457 g/mol. The van der Waals surface area contributed by atoms with E-state index in [1.807, 2.05) is 50.3 Å². The van der Waals surface area contributed by atoms with Crippen LogP contribution >= 0.6 is 11.6 Å². The van der Waals surface area contributed by atoms with Gasteiger partial charge in [0.1, 0.15) is 17.9 Å². The molecule has 32 heavy (non-hydrogen) atoms. The number of nitrogen functional groups attached to an aromatic ring is 1. The lowest BCUT2D eigenvalue weighted by atomic mass is 9.85. The lowest BCUT2D eigenvalue weighted by Crippen LogP contribution is -2.48. The zero-order chi connectivity index (χ0) is 23.2. The summed E-state index contributed by atoms with van der Waals surface area (Å²) >= 11 is 6.71. The van der Waals surface area contributed by atoms with Crippen molar-refractivity contribution in [2.24, 2.45) is 0 Å². The number of anilines is 1. The maximum atomic E-state index is 12.1. The second kappa shape index (κ2) is 8.58. The van der Waals surface area contributed by atoms with Crippen LogP contribution in [0.1, 0.15) is 61.5 Å². The summed E-state index contributed by atoms with van der Waals surface area (Å²) < 4.78 is 8.06. The molecule has 1 amide bonds. The number of carbonyl (C=O) groups is 1. The first-order chi connectivity index (χ1) is 15.3. The Kier molecular flexibility index (Phi) is 5.99. The van der Waals surface area contributed by atoms with Crippen LogP contribution in [-0.4, -0.2) is 50.3 Å². The molecule has 1 saturated heterocycles. The zero-order valence-electron chi connectivity index (χ0n) is 19.1. The summed E-state index contributed by atoms with van der Waals surface area (Å²) in [5, 5.41) is 6.15. The van der Waals surface area contributed by atoms with Crippen molar-refractivity contribution in [2.75, 3.05) is 25.4 Å². The van der Waals surface area contributed by atoms with Crippen molar-refractivity contribution >= 4 is 34.4 Å². The van der Waals surface area contributed by atoms with Gasteiger partial charge in [0.2, 0.25) is 5.91 Å². The largest absolute Gasteiger partial charge is 0.493 e. The van der Waals surface area contributed by atoms with E-state index in [9.17, 15) is 4.79 Å². The summed E-state index contributed by atoms with van der Waals surface area (Å²) in [6.07, 6.45) is 1.96. The lowest BCUT2D eigenvalue weighted by molar-refractivity contribution is -0.135. The quantitative estimate of drug-likeness (QED) is 0.601. The summed E-state index contributed by atoms with van der Waals surface area (Å²) in [6.45, 7) is 11.7. The molecule has 4 rings (SSSR count). The fourth-order valence-corrected chi connectivity index (χ4v) is 4.75.